The van der Waals surface area contributed by atoms with Gasteiger partial charge in [0.1, 0.15) is 5.75 Å². The Labute approximate surface area is 108 Å². The smallest absolute Gasteiger partial charge is 0.341 e. The number of anilines is 1. The van der Waals surface area contributed by atoms with Gasteiger partial charge in [0.05, 0.1) is 17.5 Å². The molecule has 1 aliphatic carbocycles. The molecule has 2 atom stereocenters. The van der Waals surface area contributed by atoms with Gasteiger partial charge < -0.3 is 9.84 Å². The highest BCUT2D eigenvalue weighted by molar-refractivity contribution is 6.24. The molecule has 0 bridgehead atoms. The van der Waals surface area contributed by atoms with Gasteiger partial charge in [-0.15, -0.1) is 0 Å². The first-order chi connectivity index (χ1) is 9.08. The normalized spacial score (nSPS) is 24.3. The summed E-state index contributed by atoms with van der Waals surface area (Å²) in [5.74, 6) is -1.22. The largest absolute Gasteiger partial charge is 0.482 e. The maximum atomic E-state index is 11.9. The van der Waals surface area contributed by atoms with Gasteiger partial charge in [0.2, 0.25) is 11.8 Å². The zero-order chi connectivity index (χ0) is 13.6. The number of aliphatic carboxylic acids is 1. The van der Waals surface area contributed by atoms with Crippen molar-refractivity contribution in [3.05, 3.63) is 24.3 Å². The molecular formula is C13H11NO5. The topological polar surface area (TPSA) is 83.9 Å². The molecule has 0 aromatic heterocycles. The maximum Gasteiger partial charge on any atom is 0.341 e. The van der Waals surface area contributed by atoms with Crippen LogP contribution in [0.3, 0.4) is 0 Å². The number of hydrogen-bond donors (Lipinski definition) is 1. The summed E-state index contributed by atoms with van der Waals surface area (Å²) in [5.41, 5.74) is 0.505. The summed E-state index contributed by atoms with van der Waals surface area (Å²) in [6.07, 6.45) is 0.675. The first kappa shape index (κ1) is 11.7. The predicted molar refractivity (Wildman–Crippen MR) is 63.7 cm³/mol. The lowest BCUT2D eigenvalue weighted by Crippen LogP contribution is -2.32. The molecule has 1 heterocycles. The van der Waals surface area contributed by atoms with Gasteiger partial charge in [-0.2, -0.15) is 0 Å². The van der Waals surface area contributed by atoms with Crippen molar-refractivity contribution in [2.75, 3.05) is 11.5 Å². The fourth-order valence-corrected chi connectivity index (χ4v) is 2.27. The van der Waals surface area contributed by atoms with E-state index in [0.29, 0.717) is 17.9 Å². The molecule has 19 heavy (non-hydrogen) atoms. The van der Waals surface area contributed by atoms with Gasteiger partial charge >= 0.3 is 5.97 Å². The molecule has 1 N–H and O–H groups in total. The molecule has 98 valence electrons. The Balaban J connectivity index is 1.74. The zero-order valence-electron chi connectivity index (χ0n) is 9.91. The van der Waals surface area contributed by atoms with Crippen molar-refractivity contribution < 1.29 is 24.2 Å². The highest BCUT2D eigenvalue weighted by Crippen LogP contribution is 2.48. The molecule has 1 aromatic carbocycles. The Hall–Kier alpha value is -2.37. The number of carboxylic acids is 1. The minimum atomic E-state index is -1.06. The number of rotatable bonds is 4. The maximum absolute atomic E-state index is 11.9. The van der Waals surface area contributed by atoms with Crippen LogP contribution in [-0.4, -0.2) is 29.5 Å². The van der Waals surface area contributed by atoms with Gasteiger partial charge in [-0.1, -0.05) is 0 Å². The van der Waals surface area contributed by atoms with Crippen LogP contribution in [0.15, 0.2) is 24.3 Å². The number of benzene rings is 1. The number of piperidine rings is 1. The lowest BCUT2D eigenvalue weighted by atomic mass is 10.2. The van der Waals surface area contributed by atoms with E-state index >= 15 is 0 Å². The molecule has 0 spiro atoms. The summed E-state index contributed by atoms with van der Waals surface area (Å²) in [6.45, 7) is -0.426. The Bertz CT molecular complexity index is 545. The average molecular weight is 261 g/mol. The molecule has 2 fully saturated rings. The molecule has 2 unspecified atom stereocenters. The Kier molecular flexibility index (Phi) is 2.51. The van der Waals surface area contributed by atoms with Crippen molar-refractivity contribution in [3.8, 4) is 5.75 Å². The first-order valence-corrected chi connectivity index (χ1v) is 5.90. The summed E-state index contributed by atoms with van der Waals surface area (Å²) in [4.78, 5) is 35.3. The van der Waals surface area contributed by atoms with Gasteiger partial charge in [-0.05, 0) is 30.7 Å². The lowest BCUT2D eigenvalue weighted by Gasteiger charge is -2.16. The highest BCUT2D eigenvalue weighted by Gasteiger charge is 2.59. The molecule has 1 saturated carbocycles. The number of imide groups is 1. The average Bonchev–Trinajstić information content (AvgIpc) is 3.13. The van der Waals surface area contributed by atoms with E-state index in [-0.39, 0.29) is 23.7 Å². The second kappa shape index (κ2) is 4.08. The lowest BCUT2D eigenvalue weighted by molar-refractivity contribution is -0.139. The molecule has 1 aliphatic heterocycles. The van der Waals surface area contributed by atoms with Crippen LogP contribution in [0.2, 0.25) is 0 Å². The van der Waals surface area contributed by atoms with Gasteiger partial charge in [-0.3, -0.25) is 14.5 Å². The summed E-state index contributed by atoms with van der Waals surface area (Å²) < 4.78 is 4.98. The van der Waals surface area contributed by atoms with Crippen molar-refractivity contribution in [2.45, 2.75) is 6.42 Å². The van der Waals surface area contributed by atoms with Crippen molar-refractivity contribution in [1.29, 1.82) is 0 Å². The van der Waals surface area contributed by atoms with Gasteiger partial charge in [-0.25, -0.2) is 4.79 Å². The van der Waals surface area contributed by atoms with Crippen molar-refractivity contribution >= 4 is 23.5 Å². The summed E-state index contributed by atoms with van der Waals surface area (Å²) in [7, 11) is 0. The quantitative estimate of drug-likeness (QED) is 0.805. The van der Waals surface area contributed by atoms with Crippen LogP contribution in [0.1, 0.15) is 6.42 Å². The van der Waals surface area contributed by atoms with E-state index in [1.165, 1.54) is 4.90 Å². The highest BCUT2D eigenvalue weighted by atomic mass is 16.5. The van der Waals surface area contributed by atoms with Gasteiger partial charge in [0.15, 0.2) is 6.61 Å². The third-order valence-electron chi connectivity index (χ3n) is 3.32. The van der Waals surface area contributed by atoms with E-state index in [2.05, 4.69) is 0 Å². The second-order valence-corrected chi connectivity index (χ2v) is 4.64. The number of amides is 2. The molecule has 6 nitrogen and oxygen atoms in total. The van der Waals surface area contributed by atoms with Crippen LogP contribution in [0, 0.1) is 11.8 Å². The Morgan fingerprint density at radius 1 is 1.21 bits per heavy atom. The number of hydrogen-bond acceptors (Lipinski definition) is 4. The number of carboxylic acid groups (broad SMARTS) is 1. The predicted octanol–water partition coefficient (Wildman–Crippen LogP) is 0.659. The Morgan fingerprint density at radius 2 is 1.79 bits per heavy atom. The van der Waals surface area contributed by atoms with Crippen molar-refractivity contribution in [3.63, 3.8) is 0 Å². The minimum Gasteiger partial charge on any atom is -0.482 e. The van der Waals surface area contributed by atoms with E-state index in [1.54, 1.807) is 24.3 Å². The second-order valence-electron chi connectivity index (χ2n) is 4.64. The van der Waals surface area contributed by atoms with Crippen LogP contribution in [0.4, 0.5) is 5.69 Å². The third kappa shape index (κ3) is 1.95. The van der Waals surface area contributed by atoms with E-state index in [0.717, 1.165) is 0 Å². The molecular weight excluding hydrogens is 250 g/mol. The number of nitrogens with zero attached hydrogens (tertiary/aromatic N) is 1. The Morgan fingerprint density at radius 3 is 2.32 bits per heavy atom. The van der Waals surface area contributed by atoms with E-state index in [1.807, 2.05) is 0 Å². The summed E-state index contributed by atoms with van der Waals surface area (Å²) in [5, 5.41) is 8.48. The van der Waals surface area contributed by atoms with Crippen LogP contribution in [0.25, 0.3) is 0 Å². The van der Waals surface area contributed by atoms with Crippen LogP contribution in [-0.2, 0) is 14.4 Å². The zero-order valence-corrected chi connectivity index (χ0v) is 9.91. The van der Waals surface area contributed by atoms with E-state index in [9.17, 15) is 14.4 Å². The molecule has 2 amide bonds. The van der Waals surface area contributed by atoms with E-state index in [4.69, 9.17) is 9.84 Å². The van der Waals surface area contributed by atoms with Gasteiger partial charge in [0.25, 0.3) is 0 Å². The van der Waals surface area contributed by atoms with Gasteiger partial charge in [0, 0.05) is 0 Å². The van der Waals surface area contributed by atoms with Crippen molar-refractivity contribution in [2.24, 2.45) is 11.8 Å². The monoisotopic (exact) mass is 261 g/mol. The van der Waals surface area contributed by atoms with Crippen LogP contribution < -0.4 is 9.64 Å². The summed E-state index contributed by atoms with van der Waals surface area (Å²) in [6, 6.07) is 6.25. The number of fused-ring (bicyclic) bond motifs is 1. The molecule has 3 rings (SSSR count). The molecule has 1 saturated heterocycles. The minimum absolute atomic E-state index is 0.129. The third-order valence-corrected chi connectivity index (χ3v) is 3.32. The molecule has 2 aliphatic rings. The fourth-order valence-electron chi connectivity index (χ4n) is 2.27. The summed E-state index contributed by atoms with van der Waals surface area (Å²) >= 11 is 0. The van der Waals surface area contributed by atoms with Crippen LogP contribution in [0.5, 0.6) is 5.75 Å². The standard InChI is InChI=1S/C13H11NO5/c15-11(16)6-19-8-3-1-7(2-4-8)14-12(17)9-5-10(9)13(14)18/h1-4,9-10H,5-6H2,(H,15,16). The van der Waals surface area contributed by atoms with Crippen molar-refractivity contribution in [1.82, 2.24) is 0 Å². The van der Waals surface area contributed by atoms with E-state index < -0.39 is 12.6 Å². The molecule has 6 heteroatoms. The first-order valence-electron chi connectivity index (χ1n) is 5.90. The fraction of sp³-hybridized carbons (Fsp3) is 0.308. The number of carbonyl (C=O) groups is 3. The molecule has 0 radical (unpaired) electrons. The number of carbonyl (C=O) groups excluding carboxylic acids is 2. The SMILES string of the molecule is O=C(O)COc1ccc(N2C(=O)C3CC3C2=O)cc1. The molecule has 1 aromatic rings. The number of ether oxygens (including phenoxy) is 1. The van der Waals surface area contributed by atoms with Crippen LogP contribution >= 0.6 is 0 Å².